The Morgan fingerprint density at radius 1 is 1.46 bits per heavy atom. The van der Waals surface area contributed by atoms with Crippen LogP contribution in [0.2, 0.25) is 0 Å². The van der Waals surface area contributed by atoms with Gasteiger partial charge in [-0.05, 0) is 44.6 Å². The maximum absolute atomic E-state index is 4.11. The van der Waals surface area contributed by atoms with E-state index in [1.54, 1.807) is 0 Å². The first-order chi connectivity index (χ1) is 6.09. The molecule has 0 aromatic carbocycles. The summed E-state index contributed by atoms with van der Waals surface area (Å²) in [6, 6.07) is 0. The van der Waals surface area contributed by atoms with Crippen LogP contribution >= 0.6 is 0 Å². The van der Waals surface area contributed by atoms with E-state index in [-0.39, 0.29) is 0 Å². The van der Waals surface area contributed by atoms with Gasteiger partial charge in [-0.15, -0.1) is 0 Å². The quantitative estimate of drug-likeness (QED) is 0.560. The molecular weight excluding hydrogens is 156 g/mol. The average molecular weight is 176 g/mol. The predicted octanol–water partition coefficient (Wildman–Crippen LogP) is 4.26. The summed E-state index contributed by atoms with van der Waals surface area (Å²) < 4.78 is 0. The van der Waals surface area contributed by atoms with Crippen molar-refractivity contribution in [3.8, 4) is 0 Å². The third kappa shape index (κ3) is 3.22. The Morgan fingerprint density at radius 2 is 2.15 bits per heavy atom. The summed E-state index contributed by atoms with van der Waals surface area (Å²) in [6.45, 7) is 10.7. The van der Waals surface area contributed by atoms with E-state index in [0.29, 0.717) is 0 Å². The molecule has 0 bridgehead atoms. The van der Waals surface area contributed by atoms with Gasteiger partial charge in [0, 0.05) is 0 Å². The van der Waals surface area contributed by atoms with Crippen LogP contribution in [0.1, 0.15) is 40.0 Å². The van der Waals surface area contributed by atoms with Gasteiger partial charge in [-0.2, -0.15) is 0 Å². The average Bonchev–Trinajstić information content (AvgIpc) is 2.06. The minimum Gasteiger partial charge on any atom is -0.0956 e. The Hall–Kier alpha value is -0.780. The van der Waals surface area contributed by atoms with Crippen LogP contribution in [0.15, 0.2) is 35.5 Å². The molecule has 0 amide bonds. The molecule has 0 radical (unpaired) electrons. The Kier molecular flexibility index (Phi) is 3.53. The van der Waals surface area contributed by atoms with E-state index >= 15 is 0 Å². The van der Waals surface area contributed by atoms with Crippen molar-refractivity contribution >= 4 is 0 Å². The lowest BCUT2D eigenvalue weighted by molar-refractivity contribution is 0.498. The minimum atomic E-state index is 0.835. The SMILES string of the molecule is C=C1CCC(C)CC1=CC=C(C)C. The van der Waals surface area contributed by atoms with Crippen LogP contribution in [0.25, 0.3) is 0 Å². The van der Waals surface area contributed by atoms with Crippen molar-refractivity contribution in [3.63, 3.8) is 0 Å². The molecule has 1 saturated carbocycles. The second-order valence-electron chi connectivity index (χ2n) is 4.39. The van der Waals surface area contributed by atoms with E-state index in [1.807, 2.05) is 0 Å². The third-order valence-corrected chi connectivity index (χ3v) is 2.58. The summed E-state index contributed by atoms with van der Waals surface area (Å²) in [6.07, 6.45) is 8.14. The van der Waals surface area contributed by atoms with Gasteiger partial charge in [0.15, 0.2) is 0 Å². The summed E-state index contributed by atoms with van der Waals surface area (Å²) in [5, 5.41) is 0. The maximum atomic E-state index is 4.11. The van der Waals surface area contributed by atoms with E-state index in [2.05, 4.69) is 39.5 Å². The van der Waals surface area contributed by atoms with Crippen molar-refractivity contribution in [1.82, 2.24) is 0 Å². The van der Waals surface area contributed by atoms with Crippen molar-refractivity contribution < 1.29 is 0 Å². The highest BCUT2D eigenvalue weighted by Gasteiger charge is 2.14. The molecule has 1 fully saturated rings. The number of rotatable bonds is 1. The van der Waals surface area contributed by atoms with E-state index < -0.39 is 0 Å². The highest BCUT2D eigenvalue weighted by molar-refractivity contribution is 5.34. The summed E-state index contributed by atoms with van der Waals surface area (Å²) in [5.41, 5.74) is 4.16. The molecule has 72 valence electrons. The highest BCUT2D eigenvalue weighted by Crippen LogP contribution is 2.31. The fourth-order valence-corrected chi connectivity index (χ4v) is 1.66. The Balaban J connectivity index is 2.71. The van der Waals surface area contributed by atoms with Crippen molar-refractivity contribution in [1.29, 1.82) is 0 Å². The van der Waals surface area contributed by atoms with Gasteiger partial charge in [-0.1, -0.05) is 36.8 Å². The molecule has 1 rings (SSSR count). The largest absolute Gasteiger partial charge is 0.0956 e. The van der Waals surface area contributed by atoms with Crippen LogP contribution in [-0.4, -0.2) is 0 Å². The van der Waals surface area contributed by atoms with Gasteiger partial charge < -0.3 is 0 Å². The molecule has 0 N–H and O–H groups in total. The third-order valence-electron chi connectivity index (χ3n) is 2.58. The zero-order valence-corrected chi connectivity index (χ0v) is 9.06. The molecule has 0 aromatic rings. The van der Waals surface area contributed by atoms with Crippen LogP contribution < -0.4 is 0 Å². The van der Waals surface area contributed by atoms with Crippen LogP contribution in [-0.2, 0) is 0 Å². The van der Waals surface area contributed by atoms with Gasteiger partial charge in [0.1, 0.15) is 0 Å². The van der Waals surface area contributed by atoms with E-state index in [0.717, 1.165) is 5.92 Å². The molecular formula is C13H20. The lowest BCUT2D eigenvalue weighted by Gasteiger charge is -2.22. The van der Waals surface area contributed by atoms with Gasteiger partial charge >= 0.3 is 0 Å². The van der Waals surface area contributed by atoms with Gasteiger partial charge in [0.25, 0.3) is 0 Å². The van der Waals surface area contributed by atoms with Crippen molar-refractivity contribution in [2.75, 3.05) is 0 Å². The number of allylic oxidation sites excluding steroid dienone is 5. The van der Waals surface area contributed by atoms with E-state index in [4.69, 9.17) is 0 Å². The molecule has 13 heavy (non-hydrogen) atoms. The van der Waals surface area contributed by atoms with Crippen molar-refractivity contribution in [2.24, 2.45) is 5.92 Å². The van der Waals surface area contributed by atoms with Crippen LogP contribution in [0.3, 0.4) is 0 Å². The van der Waals surface area contributed by atoms with Crippen molar-refractivity contribution in [3.05, 3.63) is 35.5 Å². The molecule has 0 heteroatoms. The minimum absolute atomic E-state index is 0.835. The van der Waals surface area contributed by atoms with Gasteiger partial charge in [-0.3, -0.25) is 0 Å². The molecule has 0 aliphatic heterocycles. The Morgan fingerprint density at radius 3 is 2.77 bits per heavy atom. The fourth-order valence-electron chi connectivity index (χ4n) is 1.66. The Labute approximate surface area is 82.0 Å². The second-order valence-corrected chi connectivity index (χ2v) is 4.39. The number of hydrogen-bond donors (Lipinski definition) is 0. The molecule has 0 nitrogen and oxygen atoms in total. The summed E-state index contributed by atoms with van der Waals surface area (Å²) in [7, 11) is 0. The smallest absolute Gasteiger partial charge is 0.0250 e. The molecule has 1 unspecified atom stereocenters. The summed E-state index contributed by atoms with van der Waals surface area (Å²) in [5.74, 6) is 0.835. The predicted molar refractivity (Wildman–Crippen MR) is 59.7 cm³/mol. The Bertz CT molecular complexity index is 249. The summed E-state index contributed by atoms with van der Waals surface area (Å²) in [4.78, 5) is 0. The first-order valence-corrected chi connectivity index (χ1v) is 5.12. The summed E-state index contributed by atoms with van der Waals surface area (Å²) >= 11 is 0. The first kappa shape index (κ1) is 10.3. The topological polar surface area (TPSA) is 0 Å². The van der Waals surface area contributed by atoms with Crippen molar-refractivity contribution in [2.45, 2.75) is 40.0 Å². The van der Waals surface area contributed by atoms with Crippen LogP contribution in [0.4, 0.5) is 0 Å². The zero-order valence-electron chi connectivity index (χ0n) is 9.06. The molecule has 0 aromatic heterocycles. The fraction of sp³-hybridized carbons (Fsp3) is 0.538. The highest BCUT2D eigenvalue weighted by atomic mass is 14.2. The molecule has 1 atom stereocenters. The molecule has 0 heterocycles. The van der Waals surface area contributed by atoms with E-state index in [9.17, 15) is 0 Å². The lowest BCUT2D eigenvalue weighted by Crippen LogP contribution is -2.06. The maximum Gasteiger partial charge on any atom is -0.0250 e. The normalized spacial score (nSPS) is 26.2. The lowest BCUT2D eigenvalue weighted by atomic mass is 9.83. The number of hydrogen-bond acceptors (Lipinski definition) is 0. The standard InChI is InChI=1S/C13H20/c1-10(2)5-8-13-9-11(3)6-7-12(13)4/h5,8,11H,4,6-7,9H2,1-3H3. The molecule has 0 spiro atoms. The monoisotopic (exact) mass is 176 g/mol. The van der Waals surface area contributed by atoms with Gasteiger partial charge in [0.2, 0.25) is 0 Å². The van der Waals surface area contributed by atoms with Crippen LogP contribution in [0, 0.1) is 5.92 Å². The van der Waals surface area contributed by atoms with E-state index in [1.165, 1.54) is 36.0 Å². The van der Waals surface area contributed by atoms with Gasteiger partial charge in [-0.25, -0.2) is 0 Å². The van der Waals surface area contributed by atoms with Crippen LogP contribution in [0.5, 0.6) is 0 Å². The molecule has 1 aliphatic carbocycles. The van der Waals surface area contributed by atoms with Gasteiger partial charge in [0.05, 0.1) is 0 Å². The second kappa shape index (κ2) is 4.45. The first-order valence-electron chi connectivity index (χ1n) is 5.12. The molecule has 0 saturated heterocycles. The zero-order chi connectivity index (χ0) is 9.84. The molecule has 1 aliphatic rings.